The number of halogens is 4. The molecule has 0 saturated carbocycles. The zero-order chi connectivity index (χ0) is 25.3. The average molecular weight is 573 g/mol. The van der Waals surface area contributed by atoms with E-state index in [-0.39, 0.29) is 34.7 Å². The second-order valence-electron chi connectivity index (χ2n) is 7.92. The van der Waals surface area contributed by atoms with Crippen molar-refractivity contribution in [1.29, 1.82) is 0 Å². The van der Waals surface area contributed by atoms with Crippen molar-refractivity contribution in [2.24, 2.45) is 4.99 Å². The summed E-state index contributed by atoms with van der Waals surface area (Å²) in [6.07, 6.45) is 0.694. The molecule has 1 fully saturated rings. The first kappa shape index (κ1) is 25.3. The Bertz CT molecular complexity index is 1210. The van der Waals surface area contributed by atoms with Crippen molar-refractivity contribution >= 4 is 45.0 Å². The van der Waals surface area contributed by atoms with Crippen LogP contribution in [0.25, 0.3) is 0 Å². The third kappa shape index (κ3) is 5.26. The number of rotatable bonds is 7. The van der Waals surface area contributed by atoms with Gasteiger partial charge in [0.1, 0.15) is 17.9 Å². The quantitative estimate of drug-likeness (QED) is 0.487. The van der Waals surface area contributed by atoms with E-state index in [9.17, 15) is 27.9 Å². The number of esters is 1. The summed E-state index contributed by atoms with van der Waals surface area (Å²) in [4.78, 5) is 34.7. The molecule has 186 valence electrons. The highest BCUT2D eigenvalue weighted by Gasteiger charge is 2.49. The number of aromatic nitrogens is 1. The monoisotopic (exact) mass is 572 g/mol. The molecule has 2 aromatic rings. The van der Waals surface area contributed by atoms with Crippen molar-refractivity contribution in [1.82, 2.24) is 15.2 Å². The van der Waals surface area contributed by atoms with E-state index in [1.165, 1.54) is 23.5 Å². The second-order valence-corrected chi connectivity index (χ2v) is 9.60. The number of thiazole rings is 1. The smallest absolute Gasteiger partial charge is 0.338 e. The number of hydrogen-bond donors (Lipinski definition) is 2. The largest absolute Gasteiger partial charge is 0.480 e. The van der Waals surface area contributed by atoms with Crippen LogP contribution >= 0.6 is 27.3 Å². The van der Waals surface area contributed by atoms with Crippen LogP contribution in [0.4, 0.5) is 13.2 Å². The van der Waals surface area contributed by atoms with Crippen LogP contribution in [-0.2, 0) is 14.3 Å². The number of carboxylic acids is 1. The van der Waals surface area contributed by atoms with Crippen molar-refractivity contribution in [3.63, 3.8) is 0 Å². The summed E-state index contributed by atoms with van der Waals surface area (Å²) in [6.45, 7) is 0.500. The average Bonchev–Trinajstić information content (AvgIpc) is 3.43. The summed E-state index contributed by atoms with van der Waals surface area (Å²) in [5.41, 5.74) is 0.411. The molecule has 1 aromatic heterocycles. The van der Waals surface area contributed by atoms with E-state index in [1.54, 1.807) is 24.6 Å². The molecule has 2 aliphatic heterocycles. The minimum absolute atomic E-state index is 0.0231. The normalized spacial score (nSPS) is 22.0. The van der Waals surface area contributed by atoms with E-state index in [1.807, 2.05) is 0 Å². The number of hydrogen-bond acceptors (Lipinski definition) is 8. The summed E-state index contributed by atoms with van der Waals surface area (Å²) in [5, 5.41) is 14.7. The number of alkyl halides is 2. The highest BCUT2D eigenvalue weighted by Crippen LogP contribution is 2.39. The van der Waals surface area contributed by atoms with Crippen LogP contribution in [0.3, 0.4) is 0 Å². The van der Waals surface area contributed by atoms with E-state index < -0.39 is 48.7 Å². The lowest BCUT2D eigenvalue weighted by atomic mass is 9.95. The summed E-state index contributed by atoms with van der Waals surface area (Å²) in [6, 6.07) is 1.75. The van der Waals surface area contributed by atoms with Crippen molar-refractivity contribution in [3.05, 3.63) is 61.9 Å². The number of carbonyl (C=O) groups excluding carboxylic acids is 1. The molecule has 4 rings (SSSR count). The first-order valence-electron chi connectivity index (χ1n) is 10.5. The number of ether oxygens (including phenoxy) is 1. The standard InChI is InChI=1S/C22H20BrF3N4O4S/c1-2-34-21(33)15-13(9-30-10-22(25,26)8-14(30)20(31)32)28-18(19-27-6-7-35-19)29-17(15)11-4-3-5-12(24)16(11)23/h3-7,14,17H,2,8-10H2,1H3,(H,28,29)(H,31,32). The number of likely N-dealkylation sites (tertiary alicyclic amines) is 1. The van der Waals surface area contributed by atoms with Gasteiger partial charge in [0.05, 0.1) is 23.2 Å². The summed E-state index contributed by atoms with van der Waals surface area (Å²) >= 11 is 4.46. The summed E-state index contributed by atoms with van der Waals surface area (Å²) in [5.74, 6) is -5.73. The molecule has 8 nitrogen and oxygen atoms in total. The van der Waals surface area contributed by atoms with E-state index in [0.29, 0.717) is 10.6 Å². The van der Waals surface area contributed by atoms with Gasteiger partial charge in [-0.1, -0.05) is 12.1 Å². The van der Waals surface area contributed by atoms with Crippen LogP contribution in [0.1, 0.15) is 30.0 Å². The highest BCUT2D eigenvalue weighted by molar-refractivity contribution is 9.10. The lowest BCUT2D eigenvalue weighted by Crippen LogP contribution is -2.43. The molecule has 3 heterocycles. The van der Waals surface area contributed by atoms with Gasteiger partial charge < -0.3 is 15.2 Å². The molecule has 1 saturated heterocycles. The Morgan fingerprint density at radius 3 is 2.83 bits per heavy atom. The maximum atomic E-state index is 14.4. The Balaban J connectivity index is 1.85. The molecule has 0 aliphatic carbocycles. The topological polar surface area (TPSA) is 104 Å². The van der Waals surface area contributed by atoms with Gasteiger partial charge >= 0.3 is 11.9 Å². The maximum absolute atomic E-state index is 14.4. The Labute approximate surface area is 210 Å². The molecule has 1 aromatic carbocycles. The molecular weight excluding hydrogens is 553 g/mol. The van der Waals surface area contributed by atoms with Crippen LogP contribution < -0.4 is 5.32 Å². The number of carbonyl (C=O) groups is 2. The Hall–Kier alpha value is -2.77. The van der Waals surface area contributed by atoms with Gasteiger partial charge in [-0.05, 0) is 34.5 Å². The Kier molecular flexibility index (Phi) is 7.29. The number of aliphatic carboxylic acids is 1. The van der Waals surface area contributed by atoms with E-state index in [2.05, 4.69) is 31.2 Å². The third-order valence-corrected chi connectivity index (χ3v) is 7.16. The number of aliphatic imine (C=N–C) groups is 1. The van der Waals surface area contributed by atoms with Gasteiger partial charge in [-0.2, -0.15) is 0 Å². The predicted octanol–water partition coefficient (Wildman–Crippen LogP) is 3.75. The van der Waals surface area contributed by atoms with Crippen LogP contribution in [-0.4, -0.2) is 64.4 Å². The lowest BCUT2D eigenvalue weighted by molar-refractivity contribution is -0.142. The molecule has 13 heteroatoms. The van der Waals surface area contributed by atoms with Gasteiger partial charge in [-0.3, -0.25) is 14.7 Å². The van der Waals surface area contributed by atoms with Crippen LogP contribution in [0.5, 0.6) is 0 Å². The van der Waals surface area contributed by atoms with Crippen molar-refractivity contribution < 1.29 is 32.6 Å². The minimum atomic E-state index is -3.21. The fourth-order valence-corrected chi connectivity index (χ4v) is 5.14. The zero-order valence-electron chi connectivity index (χ0n) is 18.3. The number of nitrogens with zero attached hydrogens (tertiary/aromatic N) is 3. The number of nitrogens with one attached hydrogen (secondary N) is 1. The summed E-state index contributed by atoms with van der Waals surface area (Å²) < 4.78 is 48.0. The third-order valence-electron chi connectivity index (χ3n) is 5.55. The molecule has 0 bridgehead atoms. The van der Waals surface area contributed by atoms with Gasteiger partial charge in [0, 0.05) is 30.2 Å². The first-order valence-corrected chi connectivity index (χ1v) is 12.2. The van der Waals surface area contributed by atoms with Gasteiger partial charge in [0.25, 0.3) is 5.92 Å². The number of benzene rings is 1. The molecule has 0 radical (unpaired) electrons. The number of carboxylic acid groups (broad SMARTS) is 1. The second kappa shape index (κ2) is 10.1. The van der Waals surface area contributed by atoms with Gasteiger partial charge in [-0.15, -0.1) is 11.3 Å². The van der Waals surface area contributed by atoms with Crippen molar-refractivity contribution in [2.45, 2.75) is 31.4 Å². The van der Waals surface area contributed by atoms with E-state index in [4.69, 9.17) is 4.74 Å². The molecule has 0 amide bonds. The molecule has 2 N–H and O–H groups in total. The molecule has 0 spiro atoms. The maximum Gasteiger partial charge on any atom is 0.338 e. The van der Waals surface area contributed by atoms with Crippen molar-refractivity contribution in [2.75, 3.05) is 19.7 Å². The molecular formula is C22H20BrF3N4O4S. The van der Waals surface area contributed by atoms with Gasteiger partial charge in [-0.25, -0.2) is 22.9 Å². The zero-order valence-corrected chi connectivity index (χ0v) is 20.7. The van der Waals surface area contributed by atoms with Crippen LogP contribution in [0.2, 0.25) is 0 Å². The summed E-state index contributed by atoms with van der Waals surface area (Å²) in [7, 11) is 0. The lowest BCUT2D eigenvalue weighted by Gasteiger charge is -2.30. The Morgan fingerprint density at radius 1 is 1.40 bits per heavy atom. The Morgan fingerprint density at radius 2 is 2.17 bits per heavy atom. The van der Waals surface area contributed by atoms with Crippen LogP contribution in [0.15, 0.2) is 50.5 Å². The van der Waals surface area contributed by atoms with Crippen molar-refractivity contribution in [3.8, 4) is 0 Å². The predicted molar refractivity (Wildman–Crippen MR) is 125 cm³/mol. The SMILES string of the molecule is CCOC(=O)C1=C(CN2CC(F)(F)CC2C(=O)O)NC(c2nccs2)=NC1c1cccc(F)c1Br. The van der Waals surface area contributed by atoms with Gasteiger partial charge in [0.2, 0.25) is 0 Å². The number of amidine groups is 1. The van der Waals surface area contributed by atoms with Crippen LogP contribution in [0, 0.1) is 5.82 Å². The fraction of sp³-hybridized carbons (Fsp3) is 0.364. The molecule has 2 aliphatic rings. The highest BCUT2D eigenvalue weighted by atomic mass is 79.9. The van der Waals surface area contributed by atoms with Gasteiger partial charge in [0.15, 0.2) is 10.8 Å². The molecule has 2 atom stereocenters. The fourth-order valence-electron chi connectivity index (χ4n) is 4.07. The van der Waals surface area contributed by atoms with E-state index >= 15 is 0 Å². The molecule has 2 unspecified atom stereocenters. The molecule has 35 heavy (non-hydrogen) atoms. The first-order chi connectivity index (χ1) is 16.6. The minimum Gasteiger partial charge on any atom is -0.480 e. The van der Waals surface area contributed by atoms with E-state index in [0.717, 1.165) is 4.90 Å².